The Morgan fingerprint density at radius 1 is 1.09 bits per heavy atom. The van der Waals surface area contributed by atoms with Crippen molar-refractivity contribution < 1.29 is 27.6 Å². The normalized spacial score (nSPS) is 17.6. The highest BCUT2D eigenvalue weighted by Gasteiger charge is 2.39. The van der Waals surface area contributed by atoms with Crippen molar-refractivity contribution in [2.45, 2.75) is 25.6 Å². The average molecular weight is 619 g/mol. The van der Waals surface area contributed by atoms with E-state index in [9.17, 15) is 27.6 Å². The number of anilines is 1. The molecule has 4 heterocycles. The van der Waals surface area contributed by atoms with Crippen LogP contribution in [0.1, 0.15) is 39.5 Å². The predicted octanol–water partition coefficient (Wildman–Crippen LogP) is 3.12. The lowest BCUT2D eigenvalue weighted by atomic mass is 10.0. The molecule has 0 radical (unpaired) electrons. The van der Waals surface area contributed by atoms with Crippen LogP contribution in [0.2, 0.25) is 5.02 Å². The fraction of sp³-hybridized carbons (Fsp3) is 0.464. The topological polar surface area (TPSA) is 117 Å². The van der Waals surface area contributed by atoms with E-state index in [1.807, 2.05) is 0 Å². The smallest absolute Gasteiger partial charge is 0.339 e. The highest BCUT2D eigenvalue weighted by atomic mass is 35.5. The van der Waals surface area contributed by atoms with Crippen molar-refractivity contribution in [1.29, 1.82) is 0 Å². The van der Waals surface area contributed by atoms with Gasteiger partial charge in [0.1, 0.15) is 0 Å². The van der Waals surface area contributed by atoms with Crippen LogP contribution in [0.5, 0.6) is 0 Å². The molecule has 2 aromatic heterocycles. The first-order chi connectivity index (χ1) is 20.5. The maximum absolute atomic E-state index is 13.8. The molecule has 0 unspecified atom stereocenters. The molecule has 1 aromatic carbocycles. The fourth-order valence-corrected chi connectivity index (χ4v) is 5.58. The molecular formula is C28H30ClF3N8O3. The Hall–Kier alpha value is -3.91. The van der Waals surface area contributed by atoms with E-state index in [1.165, 1.54) is 46.9 Å². The third kappa shape index (κ3) is 5.98. The molecule has 0 bridgehead atoms. The van der Waals surface area contributed by atoms with Crippen molar-refractivity contribution in [2.75, 3.05) is 44.6 Å². The summed E-state index contributed by atoms with van der Waals surface area (Å²) in [6, 6.07) is 4.46. The van der Waals surface area contributed by atoms with Crippen molar-refractivity contribution in [1.82, 2.24) is 34.4 Å². The van der Waals surface area contributed by atoms with Gasteiger partial charge in [-0.2, -0.15) is 18.3 Å². The number of benzene rings is 1. The first-order valence-corrected chi connectivity index (χ1v) is 14.4. The minimum absolute atomic E-state index is 0.00474. The van der Waals surface area contributed by atoms with Gasteiger partial charge in [-0.05, 0) is 37.0 Å². The summed E-state index contributed by atoms with van der Waals surface area (Å²) < 4.78 is 43.9. The number of halogens is 4. The molecule has 1 saturated carbocycles. The van der Waals surface area contributed by atoms with Crippen LogP contribution < -0.4 is 10.6 Å². The Bertz CT molecular complexity index is 1570. The summed E-state index contributed by atoms with van der Waals surface area (Å²) in [4.78, 5) is 46.2. The molecule has 3 amide bonds. The lowest BCUT2D eigenvalue weighted by Crippen LogP contribution is -2.57. The maximum Gasteiger partial charge on any atom is 0.435 e. The SMILES string of the molecule is Cn1c(-c2cn(CC3CC3)nc2C(F)(F)F)cnc1C(=O)Nc1ccc(C(=O)N2CCN(C(=O)C3CNC3)CC2)c(Cl)c1. The van der Waals surface area contributed by atoms with E-state index in [4.69, 9.17) is 11.6 Å². The van der Waals surface area contributed by atoms with Crippen molar-refractivity contribution in [3.05, 3.63) is 52.7 Å². The quantitative estimate of drug-likeness (QED) is 0.420. The van der Waals surface area contributed by atoms with Gasteiger partial charge in [0.25, 0.3) is 11.8 Å². The first kappa shape index (κ1) is 29.2. The summed E-state index contributed by atoms with van der Waals surface area (Å²) in [5.74, 6) is -0.620. The summed E-state index contributed by atoms with van der Waals surface area (Å²) in [7, 11) is 1.46. The van der Waals surface area contributed by atoms with Gasteiger partial charge in [0, 0.05) is 64.7 Å². The van der Waals surface area contributed by atoms with E-state index in [2.05, 4.69) is 20.7 Å². The van der Waals surface area contributed by atoms with Crippen molar-refractivity contribution in [2.24, 2.45) is 18.9 Å². The molecule has 2 aliphatic heterocycles. The van der Waals surface area contributed by atoms with Crippen LogP contribution in [0.3, 0.4) is 0 Å². The van der Waals surface area contributed by atoms with Gasteiger partial charge < -0.3 is 25.0 Å². The number of amides is 3. The number of carbonyl (C=O) groups excluding carboxylic acids is 3. The van der Waals surface area contributed by atoms with E-state index in [1.54, 1.807) is 9.80 Å². The number of rotatable bonds is 7. The van der Waals surface area contributed by atoms with Gasteiger partial charge in [0.05, 0.1) is 34.0 Å². The van der Waals surface area contributed by atoms with Crippen LogP contribution >= 0.6 is 11.6 Å². The average Bonchev–Trinajstić information content (AvgIpc) is 3.50. The van der Waals surface area contributed by atoms with Gasteiger partial charge in [-0.1, -0.05) is 11.6 Å². The molecule has 0 spiro atoms. The number of nitrogens with zero attached hydrogens (tertiary/aromatic N) is 6. The Kier molecular flexibility index (Phi) is 7.67. The summed E-state index contributed by atoms with van der Waals surface area (Å²) >= 11 is 6.43. The molecule has 3 aromatic rings. The van der Waals surface area contributed by atoms with Gasteiger partial charge >= 0.3 is 6.18 Å². The minimum Gasteiger partial charge on any atom is -0.339 e. The van der Waals surface area contributed by atoms with E-state index in [0.29, 0.717) is 51.7 Å². The van der Waals surface area contributed by atoms with Gasteiger partial charge in [0.2, 0.25) is 5.91 Å². The van der Waals surface area contributed by atoms with E-state index in [0.717, 1.165) is 12.8 Å². The number of aromatic nitrogens is 4. The molecule has 228 valence electrons. The number of piperazine rings is 1. The molecule has 2 N–H and O–H groups in total. The number of alkyl halides is 3. The van der Waals surface area contributed by atoms with Crippen LogP contribution in [0.15, 0.2) is 30.6 Å². The number of nitrogens with one attached hydrogen (secondary N) is 2. The molecule has 3 fully saturated rings. The second-order valence-electron chi connectivity index (χ2n) is 11.2. The van der Waals surface area contributed by atoms with E-state index in [-0.39, 0.29) is 51.1 Å². The molecule has 2 saturated heterocycles. The molecule has 6 rings (SSSR count). The molecule has 1 aliphatic carbocycles. The predicted molar refractivity (Wildman–Crippen MR) is 150 cm³/mol. The largest absolute Gasteiger partial charge is 0.435 e. The number of hydrogen-bond donors (Lipinski definition) is 2. The zero-order chi connectivity index (χ0) is 30.5. The van der Waals surface area contributed by atoms with Crippen molar-refractivity contribution in [3.63, 3.8) is 0 Å². The number of hydrogen-bond acceptors (Lipinski definition) is 6. The zero-order valence-corrected chi connectivity index (χ0v) is 24.1. The Balaban J connectivity index is 1.12. The Morgan fingerprint density at radius 3 is 2.40 bits per heavy atom. The molecule has 11 nitrogen and oxygen atoms in total. The highest BCUT2D eigenvalue weighted by molar-refractivity contribution is 6.34. The fourth-order valence-electron chi connectivity index (χ4n) is 5.32. The van der Waals surface area contributed by atoms with Gasteiger partial charge in [0.15, 0.2) is 11.5 Å². The molecule has 43 heavy (non-hydrogen) atoms. The Labute approximate surface area is 250 Å². The zero-order valence-electron chi connectivity index (χ0n) is 23.3. The van der Waals surface area contributed by atoms with Crippen molar-refractivity contribution in [3.8, 4) is 11.3 Å². The van der Waals surface area contributed by atoms with Gasteiger partial charge in [-0.3, -0.25) is 19.1 Å². The summed E-state index contributed by atoms with van der Waals surface area (Å²) in [6.45, 7) is 3.44. The lowest BCUT2D eigenvalue weighted by Gasteiger charge is -2.38. The summed E-state index contributed by atoms with van der Waals surface area (Å²) in [5.41, 5.74) is -0.541. The van der Waals surface area contributed by atoms with E-state index >= 15 is 0 Å². The number of imidazole rings is 1. The van der Waals surface area contributed by atoms with Gasteiger partial charge in [-0.15, -0.1) is 0 Å². The lowest BCUT2D eigenvalue weighted by molar-refractivity contribution is -0.141. The third-order valence-electron chi connectivity index (χ3n) is 8.11. The molecular weight excluding hydrogens is 589 g/mol. The standard InChI is InChI=1S/C28H30ClF3N8O3/c1-37-22(20-15-40(14-16-2-3-16)36-23(20)28(30,31)32)13-34-24(37)25(41)35-18-4-5-19(21(29)10-18)27(43)39-8-6-38(7-9-39)26(42)17-11-33-12-17/h4-5,10,13,15-17,33H,2-3,6-9,11-12,14H2,1H3,(H,35,41). The number of carbonyl (C=O) groups is 3. The molecule has 3 aliphatic rings. The summed E-state index contributed by atoms with van der Waals surface area (Å²) in [6.07, 6.45) is -0.189. The van der Waals surface area contributed by atoms with Crippen LogP contribution in [0.4, 0.5) is 18.9 Å². The van der Waals surface area contributed by atoms with Crippen LogP contribution in [0.25, 0.3) is 11.3 Å². The third-order valence-corrected chi connectivity index (χ3v) is 8.42. The maximum atomic E-state index is 13.8. The van der Waals surface area contributed by atoms with Gasteiger partial charge in [-0.25, -0.2) is 4.98 Å². The Morgan fingerprint density at radius 2 is 1.79 bits per heavy atom. The second-order valence-corrected chi connectivity index (χ2v) is 11.6. The highest BCUT2D eigenvalue weighted by Crippen LogP contribution is 2.38. The monoisotopic (exact) mass is 618 g/mol. The first-order valence-electron chi connectivity index (χ1n) is 14.1. The van der Waals surface area contributed by atoms with Crippen LogP contribution in [-0.4, -0.2) is 86.1 Å². The summed E-state index contributed by atoms with van der Waals surface area (Å²) in [5, 5.41) is 9.64. The minimum atomic E-state index is -4.68. The van der Waals surface area contributed by atoms with Crippen LogP contribution in [0, 0.1) is 11.8 Å². The van der Waals surface area contributed by atoms with Crippen LogP contribution in [-0.2, 0) is 24.6 Å². The van der Waals surface area contributed by atoms with E-state index < -0.39 is 17.8 Å². The second kappa shape index (κ2) is 11.3. The van der Waals surface area contributed by atoms with Crippen molar-refractivity contribution >= 4 is 35.0 Å². The molecule has 15 heteroatoms. The molecule has 0 atom stereocenters.